The van der Waals surface area contributed by atoms with Crippen molar-refractivity contribution in [2.75, 3.05) is 14.7 Å². The van der Waals surface area contributed by atoms with Crippen LogP contribution in [0, 0.1) is 0 Å². The fraction of sp³-hybridized carbons (Fsp3) is 0.323. The predicted octanol–water partition coefficient (Wildman–Crippen LogP) is 15.8. The van der Waals surface area contributed by atoms with Gasteiger partial charge in [-0.2, -0.15) is 0 Å². The highest BCUT2D eigenvalue weighted by Crippen LogP contribution is 2.62. The highest BCUT2D eigenvalue weighted by atomic mass is 32.1. The van der Waals surface area contributed by atoms with Crippen LogP contribution >= 0.6 is 11.3 Å². The molecule has 12 rings (SSSR count). The molecule has 2 atom stereocenters. The van der Waals surface area contributed by atoms with E-state index in [2.05, 4.69) is 230 Å². The van der Waals surface area contributed by atoms with Gasteiger partial charge in [0.05, 0.1) is 5.54 Å². The second kappa shape index (κ2) is 14.4. The van der Waals surface area contributed by atoms with Gasteiger partial charge < -0.3 is 14.7 Å². The Morgan fingerprint density at radius 2 is 1.03 bits per heavy atom. The molecule has 4 aliphatic rings. The number of thiophene rings is 1. The van der Waals surface area contributed by atoms with Crippen LogP contribution in [0.3, 0.4) is 0 Å². The van der Waals surface area contributed by atoms with Crippen LogP contribution in [0.1, 0.15) is 124 Å². The van der Waals surface area contributed by atoms with E-state index >= 15 is 0 Å². The summed E-state index contributed by atoms with van der Waals surface area (Å²) in [6, 6.07) is 55.1. The third kappa shape index (κ3) is 6.22. The lowest BCUT2D eigenvalue weighted by Crippen LogP contribution is -2.61. The minimum absolute atomic E-state index is 0.0179. The number of para-hydroxylation sites is 1. The van der Waals surface area contributed by atoms with Crippen molar-refractivity contribution in [3.8, 4) is 0 Å². The lowest BCUT2D eigenvalue weighted by atomic mass is 9.33. The van der Waals surface area contributed by atoms with Gasteiger partial charge in [-0.15, -0.1) is 11.3 Å². The molecule has 0 radical (unpaired) electrons. The maximum atomic E-state index is 2.80. The average molecular weight is 894 g/mol. The molecule has 0 bridgehead atoms. The van der Waals surface area contributed by atoms with Gasteiger partial charge in [0.1, 0.15) is 0 Å². The molecule has 1 aromatic heterocycles. The number of hydrogen-bond acceptors (Lipinski definition) is 4. The average Bonchev–Trinajstić information content (AvgIpc) is 3.76. The Morgan fingerprint density at radius 3 is 1.69 bits per heavy atom. The number of fused-ring (bicyclic) bond motifs is 10. The van der Waals surface area contributed by atoms with E-state index in [-0.39, 0.29) is 33.9 Å². The zero-order valence-corrected chi connectivity index (χ0v) is 42.3. The third-order valence-electron chi connectivity index (χ3n) is 16.6. The van der Waals surface area contributed by atoms with Gasteiger partial charge in [0.15, 0.2) is 0 Å². The van der Waals surface area contributed by atoms with E-state index in [9.17, 15) is 0 Å². The van der Waals surface area contributed by atoms with Crippen LogP contribution in [0.15, 0.2) is 140 Å². The fourth-order valence-corrected chi connectivity index (χ4v) is 13.7. The van der Waals surface area contributed by atoms with E-state index in [1.165, 1.54) is 124 Å². The molecular formula is C62H64BN3S. The summed E-state index contributed by atoms with van der Waals surface area (Å²) in [4.78, 5) is 8.12. The lowest BCUT2D eigenvalue weighted by Gasteiger charge is -2.51. The summed E-state index contributed by atoms with van der Waals surface area (Å²) >= 11 is 1.90. The maximum absolute atomic E-state index is 2.80. The fourth-order valence-electron chi connectivity index (χ4n) is 12.7. The summed E-state index contributed by atoms with van der Waals surface area (Å²) in [6.07, 6.45) is 4.83. The third-order valence-corrected chi connectivity index (χ3v) is 17.8. The Morgan fingerprint density at radius 1 is 0.463 bits per heavy atom. The number of nitrogens with zero attached hydrogens (tertiary/aromatic N) is 3. The highest BCUT2D eigenvalue weighted by molar-refractivity contribution is 7.25. The van der Waals surface area contributed by atoms with Crippen LogP contribution in [0.2, 0.25) is 0 Å². The highest BCUT2D eigenvalue weighted by Gasteiger charge is 2.58. The van der Waals surface area contributed by atoms with Gasteiger partial charge in [-0.05, 0) is 141 Å². The van der Waals surface area contributed by atoms with Crippen LogP contribution in [0.4, 0.5) is 45.5 Å². The Bertz CT molecular complexity index is 3340. The molecule has 1 aliphatic carbocycles. The number of rotatable bonds is 3. The first-order valence-corrected chi connectivity index (χ1v) is 25.7. The predicted molar refractivity (Wildman–Crippen MR) is 292 cm³/mol. The standard InChI is InChI=1S/C62H64BN3S/c1-58(2,3)39-19-18-20-42(33-39)64-51-34-40(59(4,5)6)25-28-48(51)63-49-29-26-41(60(7,8)9)35-52(49)65(43-27-30-56-46(36-43)45-21-12-15-24-55(45)67-56)54-38-44(37-53(64)57(54)63)66-50-23-14-13-22-47(50)61(10)31-16-17-32-62(61,66)11/h12-15,18-30,33-38H,16-17,31-32H2,1-11H3. The summed E-state index contributed by atoms with van der Waals surface area (Å²) in [5.74, 6) is 0. The second-order valence-electron chi connectivity index (χ2n) is 23.8. The molecule has 8 aromatic rings. The normalized spacial score (nSPS) is 19.9. The smallest absolute Gasteiger partial charge is 0.252 e. The molecule has 0 N–H and O–H groups in total. The summed E-state index contributed by atoms with van der Waals surface area (Å²) in [5, 5.41) is 2.64. The molecule has 0 amide bonds. The Kier molecular flexibility index (Phi) is 9.13. The van der Waals surface area contributed by atoms with Gasteiger partial charge >= 0.3 is 0 Å². The van der Waals surface area contributed by atoms with Crippen molar-refractivity contribution in [3.63, 3.8) is 0 Å². The van der Waals surface area contributed by atoms with Gasteiger partial charge in [-0.1, -0.05) is 155 Å². The van der Waals surface area contributed by atoms with Crippen LogP contribution < -0.4 is 31.1 Å². The zero-order valence-electron chi connectivity index (χ0n) is 41.4. The molecular weight excluding hydrogens is 830 g/mol. The molecule has 3 nitrogen and oxygen atoms in total. The van der Waals surface area contributed by atoms with E-state index in [1.54, 1.807) is 0 Å². The van der Waals surface area contributed by atoms with Crippen molar-refractivity contribution in [1.82, 2.24) is 0 Å². The molecule has 0 saturated heterocycles. The van der Waals surface area contributed by atoms with Crippen molar-refractivity contribution in [2.45, 2.75) is 129 Å². The molecule has 3 aliphatic heterocycles. The first kappa shape index (κ1) is 42.6. The molecule has 1 fully saturated rings. The molecule has 67 heavy (non-hydrogen) atoms. The van der Waals surface area contributed by atoms with Gasteiger partial charge in [0, 0.05) is 71.1 Å². The lowest BCUT2D eigenvalue weighted by molar-refractivity contribution is 0.195. The summed E-state index contributed by atoms with van der Waals surface area (Å²) in [5.41, 5.74) is 19.5. The molecule has 0 spiro atoms. The quantitative estimate of drug-likeness (QED) is 0.164. The van der Waals surface area contributed by atoms with E-state index in [0.717, 1.165) is 6.42 Å². The molecule has 1 saturated carbocycles. The molecule has 4 heterocycles. The minimum Gasteiger partial charge on any atom is -0.334 e. The summed E-state index contributed by atoms with van der Waals surface area (Å²) in [7, 11) is 0. The van der Waals surface area contributed by atoms with Crippen molar-refractivity contribution < 1.29 is 0 Å². The van der Waals surface area contributed by atoms with Crippen LogP contribution in [0.25, 0.3) is 20.2 Å². The van der Waals surface area contributed by atoms with Gasteiger partial charge in [0.2, 0.25) is 0 Å². The second-order valence-corrected chi connectivity index (χ2v) is 24.9. The maximum Gasteiger partial charge on any atom is 0.252 e. The van der Waals surface area contributed by atoms with E-state index in [0.29, 0.717) is 0 Å². The van der Waals surface area contributed by atoms with Crippen LogP contribution in [-0.4, -0.2) is 12.3 Å². The van der Waals surface area contributed by atoms with Gasteiger partial charge in [-0.25, -0.2) is 0 Å². The van der Waals surface area contributed by atoms with Crippen molar-refractivity contribution in [3.05, 3.63) is 162 Å². The van der Waals surface area contributed by atoms with Crippen molar-refractivity contribution in [1.29, 1.82) is 0 Å². The molecule has 5 heteroatoms. The topological polar surface area (TPSA) is 9.72 Å². The zero-order chi connectivity index (χ0) is 46.6. The Labute approximate surface area is 403 Å². The number of benzene rings is 7. The van der Waals surface area contributed by atoms with Gasteiger partial charge in [-0.3, -0.25) is 0 Å². The first-order valence-electron chi connectivity index (χ1n) is 24.8. The van der Waals surface area contributed by atoms with E-state index in [4.69, 9.17) is 0 Å². The van der Waals surface area contributed by atoms with Crippen molar-refractivity contribution in [2.24, 2.45) is 0 Å². The van der Waals surface area contributed by atoms with E-state index in [1.807, 2.05) is 11.3 Å². The molecule has 336 valence electrons. The Balaban J connectivity index is 1.23. The number of hydrogen-bond donors (Lipinski definition) is 0. The van der Waals surface area contributed by atoms with Crippen LogP contribution in [0.5, 0.6) is 0 Å². The van der Waals surface area contributed by atoms with E-state index < -0.39 is 0 Å². The largest absolute Gasteiger partial charge is 0.334 e. The monoisotopic (exact) mass is 893 g/mol. The summed E-state index contributed by atoms with van der Waals surface area (Å²) < 4.78 is 2.66. The SMILES string of the molecule is CC(C)(C)c1cccc(N2c3cc(C(C)(C)C)ccc3B3c4ccc(C(C)(C)C)cc4N(c4ccc5sc6ccccc6c5c4)c4cc(N5c6ccccc6C6(C)CCCCC56C)cc2c43)c1. The first-order chi connectivity index (χ1) is 31.8. The van der Waals surface area contributed by atoms with Gasteiger partial charge in [0.25, 0.3) is 6.71 Å². The minimum atomic E-state index is -0.108. The molecule has 7 aromatic carbocycles. The summed E-state index contributed by atoms with van der Waals surface area (Å²) in [6.45, 7) is 26.3. The molecule has 2 unspecified atom stereocenters. The van der Waals surface area contributed by atoms with Crippen LogP contribution in [-0.2, 0) is 21.7 Å². The number of anilines is 8. The van der Waals surface area contributed by atoms with Crippen molar-refractivity contribution >= 4 is 100 Å². The Hall–Kier alpha value is -5.78.